The van der Waals surface area contributed by atoms with E-state index in [-0.39, 0.29) is 0 Å². The van der Waals surface area contributed by atoms with E-state index in [0.29, 0.717) is 10.8 Å². The van der Waals surface area contributed by atoms with E-state index in [1.807, 2.05) is 0 Å². The molecule has 0 heterocycles. The van der Waals surface area contributed by atoms with Crippen LogP contribution < -0.4 is 0 Å². The molecule has 2 bridgehead atoms. The van der Waals surface area contributed by atoms with Gasteiger partial charge in [-0.25, -0.2) is 0 Å². The van der Waals surface area contributed by atoms with Crippen LogP contribution in [0.3, 0.4) is 0 Å². The monoisotopic (exact) mass is 120 g/mol. The smallest absolute Gasteiger partial charge is 0.00444 e. The van der Waals surface area contributed by atoms with Crippen LogP contribution in [0.4, 0.5) is 0 Å². The molecule has 0 saturated heterocycles. The topological polar surface area (TPSA) is 0 Å². The molecule has 2 aliphatic carbocycles. The van der Waals surface area contributed by atoms with Gasteiger partial charge in [-0.05, 0) is 6.42 Å². The van der Waals surface area contributed by atoms with Crippen LogP contribution >= 0.6 is 0 Å². The first-order valence-electron chi connectivity index (χ1n) is 3.53. The van der Waals surface area contributed by atoms with Crippen molar-refractivity contribution in [3.05, 3.63) is 24.3 Å². The van der Waals surface area contributed by atoms with Crippen LogP contribution in [0.25, 0.3) is 0 Å². The summed E-state index contributed by atoms with van der Waals surface area (Å²) in [5.41, 5.74) is 0.823. The van der Waals surface area contributed by atoms with Crippen molar-refractivity contribution >= 4 is 0 Å². The maximum Gasteiger partial charge on any atom is 0.00444 e. The molecule has 0 aliphatic heterocycles. The van der Waals surface area contributed by atoms with Crippen molar-refractivity contribution in [3.63, 3.8) is 0 Å². The van der Waals surface area contributed by atoms with Crippen molar-refractivity contribution in [2.75, 3.05) is 0 Å². The third-order valence-electron chi connectivity index (χ3n) is 2.45. The second-order valence-electron chi connectivity index (χ2n) is 3.86. The number of rotatable bonds is 0. The van der Waals surface area contributed by atoms with Gasteiger partial charge in [-0.3, -0.25) is 0 Å². The molecule has 0 saturated carbocycles. The van der Waals surface area contributed by atoms with Crippen molar-refractivity contribution in [2.45, 2.75) is 20.3 Å². The third kappa shape index (κ3) is 0.592. The molecule has 0 aromatic carbocycles. The predicted octanol–water partition coefficient (Wildman–Crippen LogP) is 2.53. The largest absolute Gasteiger partial charge is 0.0779 e. The van der Waals surface area contributed by atoms with Crippen molar-refractivity contribution in [1.82, 2.24) is 0 Å². The molecule has 0 unspecified atom stereocenters. The first-order valence-corrected chi connectivity index (χ1v) is 3.53. The van der Waals surface area contributed by atoms with E-state index >= 15 is 0 Å². The van der Waals surface area contributed by atoms with Crippen molar-refractivity contribution in [1.29, 1.82) is 0 Å². The highest BCUT2D eigenvalue weighted by atomic mass is 14.4. The van der Waals surface area contributed by atoms with E-state index in [4.69, 9.17) is 0 Å². The Bertz CT molecular complexity index is 162. The summed E-state index contributed by atoms with van der Waals surface area (Å²) in [6, 6.07) is 0. The maximum atomic E-state index is 2.33. The summed E-state index contributed by atoms with van der Waals surface area (Å²) in [5.74, 6) is 0. The molecular formula is C9H12. The molecule has 0 atom stereocenters. The number of fused-ring (bicyclic) bond motifs is 2. The quantitative estimate of drug-likeness (QED) is 0.431. The zero-order valence-corrected chi connectivity index (χ0v) is 6.02. The molecule has 0 radical (unpaired) electrons. The van der Waals surface area contributed by atoms with E-state index < -0.39 is 0 Å². The van der Waals surface area contributed by atoms with Gasteiger partial charge in [0.05, 0.1) is 0 Å². The Morgan fingerprint density at radius 1 is 0.889 bits per heavy atom. The first-order chi connectivity index (χ1) is 4.12. The lowest BCUT2D eigenvalue weighted by Crippen LogP contribution is -2.05. The van der Waals surface area contributed by atoms with Crippen LogP contribution in [-0.4, -0.2) is 0 Å². The second-order valence-corrected chi connectivity index (χ2v) is 3.86. The van der Waals surface area contributed by atoms with E-state index in [1.165, 1.54) is 6.42 Å². The highest BCUT2D eigenvalue weighted by Crippen LogP contribution is 2.50. The van der Waals surface area contributed by atoms with Gasteiger partial charge in [0.1, 0.15) is 0 Å². The molecule has 0 aromatic heterocycles. The summed E-state index contributed by atoms with van der Waals surface area (Å²) < 4.78 is 0. The van der Waals surface area contributed by atoms with Gasteiger partial charge in [-0.1, -0.05) is 38.2 Å². The Balaban J connectivity index is 2.46. The molecule has 0 amide bonds. The zero-order valence-electron chi connectivity index (χ0n) is 6.02. The van der Waals surface area contributed by atoms with Crippen LogP contribution in [0.1, 0.15) is 20.3 Å². The van der Waals surface area contributed by atoms with Crippen LogP contribution in [0.15, 0.2) is 24.3 Å². The fourth-order valence-electron chi connectivity index (χ4n) is 1.93. The van der Waals surface area contributed by atoms with Gasteiger partial charge in [-0.2, -0.15) is 0 Å². The summed E-state index contributed by atoms with van der Waals surface area (Å²) in [5, 5.41) is 0. The molecule has 0 aromatic rings. The summed E-state index contributed by atoms with van der Waals surface area (Å²) >= 11 is 0. The highest BCUT2D eigenvalue weighted by Gasteiger charge is 2.39. The van der Waals surface area contributed by atoms with Crippen molar-refractivity contribution in [2.24, 2.45) is 10.8 Å². The third-order valence-corrected chi connectivity index (χ3v) is 2.45. The second kappa shape index (κ2) is 1.16. The number of allylic oxidation sites excluding steroid dienone is 4. The molecule has 48 valence electrons. The molecule has 0 N–H and O–H groups in total. The highest BCUT2D eigenvalue weighted by molar-refractivity contribution is 5.32. The van der Waals surface area contributed by atoms with Gasteiger partial charge in [0.2, 0.25) is 0 Å². The van der Waals surface area contributed by atoms with Crippen LogP contribution in [-0.2, 0) is 0 Å². The Labute approximate surface area is 56.3 Å². The van der Waals surface area contributed by atoms with Crippen LogP contribution in [0, 0.1) is 10.8 Å². The fraction of sp³-hybridized carbons (Fsp3) is 0.556. The van der Waals surface area contributed by atoms with E-state index in [9.17, 15) is 0 Å². The minimum absolute atomic E-state index is 0.411. The van der Waals surface area contributed by atoms with Gasteiger partial charge in [0, 0.05) is 10.8 Å². The lowest BCUT2D eigenvalue weighted by molar-refractivity contribution is 0.447. The average Bonchev–Trinajstić information content (AvgIpc) is 2.19. The first kappa shape index (κ1) is 5.28. The molecule has 2 rings (SSSR count). The summed E-state index contributed by atoms with van der Waals surface area (Å²) in [4.78, 5) is 0. The molecule has 0 nitrogen and oxygen atoms in total. The molecule has 0 spiro atoms. The average molecular weight is 120 g/mol. The van der Waals surface area contributed by atoms with Crippen LogP contribution in [0.5, 0.6) is 0 Å². The lowest BCUT2D eigenvalue weighted by Gasteiger charge is -2.14. The molecule has 2 aliphatic rings. The fourth-order valence-corrected chi connectivity index (χ4v) is 1.93. The van der Waals surface area contributed by atoms with Crippen molar-refractivity contribution in [3.8, 4) is 0 Å². The molecule has 0 heteroatoms. The minimum Gasteiger partial charge on any atom is -0.0779 e. The molecule has 0 fully saturated rings. The van der Waals surface area contributed by atoms with Gasteiger partial charge >= 0.3 is 0 Å². The van der Waals surface area contributed by atoms with Gasteiger partial charge in [0.15, 0.2) is 0 Å². The standard InChI is InChI=1S/C9H12/c1-8-3-5-9(2,7-8)6-4-8/h3-6H,7H2,1-2H3. The summed E-state index contributed by atoms with van der Waals surface area (Å²) in [6.07, 6.45) is 10.6. The molecule has 9 heavy (non-hydrogen) atoms. The zero-order chi connectivity index (χ0) is 6.54. The summed E-state index contributed by atoms with van der Waals surface area (Å²) in [6.45, 7) is 4.58. The summed E-state index contributed by atoms with van der Waals surface area (Å²) in [7, 11) is 0. The van der Waals surface area contributed by atoms with E-state index in [1.54, 1.807) is 0 Å². The number of hydrogen-bond acceptors (Lipinski definition) is 0. The Hall–Kier alpha value is -0.520. The lowest BCUT2D eigenvalue weighted by atomic mass is 9.89. The van der Waals surface area contributed by atoms with Gasteiger partial charge < -0.3 is 0 Å². The predicted molar refractivity (Wildman–Crippen MR) is 39.1 cm³/mol. The van der Waals surface area contributed by atoms with Crippen molar-refractivity contribution < 1.29 is 0 Å². The Morgan fingerprint density at radius 2 is 1.22 bits per heavy atom. The maximum absolute atomic E-state index is 2.33. The van der Waals surface area contributed by atoms with Gasteiger partial charge in [0.25, 0.3) is 0 Å². The van der Waals surface area contributed by atoms with Crippen LogP contribution in [0.2, 0.25) is 0 Å². The minimum atomic E-state index is 0.411. The van der Waals surface area contributed by atoms with E-state index in [0.717, 1.165) is 0 Å². The van der Waals surface area contributed by atoms with E-state index in [2.05, 4.69) is 38.2 Å². The SMILES string of the molecule is CC12C=CC(C)(C=C1)C2. The Morgan fingerprint density at radius 3 is 1.33 bits per heavy atom. The Kier molecular flexibility index (Phi) is 0.678. The molecular weight excluding hydrogens is 108 g/mol. The normalized spacial score (nSPS) is 53.1. The number of hydrogen-bond donors (Lipinski definition) is 0. The van der Waals surface area contributed by atoms with Gasteiger partial charge in [-0.15, -0.1) is 0 Å².